The molecule has 5 heteroatoms. The SMILES string of the molecule is CS(=O)(=O)c1ccc(-c2cccc(/C=C\c3cccs3)n2)cc1. The quantitative estimate of drug-likeness (QED) is 0.707. The van der Waals surface area contributed by atoms with Gasteiger partial charge in [-0.1, -0.05) is 24.3 Å². The Hall–Kier alpha value is -2.24. The summed E-state index contributed by atoms with van der Waals surface area (Å²) >= 11 is 1.68. The topological polar surface area (TPSA) is 47.0 Å². The third kappa shape index (κ3) is 3.94. The van der Waals surface area contributed by atoms with E-state index in [0.717, 1.165) is 17.0 Å². The lowest BCUT2D eigenvalue weighted by Crippen LogP contribution is -1.96. The van der Waals surface area contributed by atoms with Crippen LogP contribution in [0.3, 0.4) is 0 Å². The van der Waals surface area contributed by atoms with Gasteiger partial charge < -0.3 is 0 Å². The first-order valence-corrected chi connectivity index (χ1v) is 9.79. The Morgan fingerprint density at radius 3 is 2.39 bits per heavy atom. The largest absolute Gasteiger partial charge is 0.248 e. The second-order valence-electron chi connectivity index (χ2n) is 5.09. The first kappa shape index (κ1) is 15.6. The highest BCUT2D eigenvalue weighted by molar-refractivity contribution is 7.90. The van der Waals surface area contributed by atoms with Crippen LogP contribution in [0.25, 0.3) is 23.4 Å². The second-order valence-corrected chi connectivity index (χ2v) is 8.09. The van der Waals surface area contributed by atoms with Crippen LogP contribution in [0, 0.1) is 0 Å². The smallest absolute Gasteiger partial charge is 0.175 e. The summed E-state index contributed by atoms with van der Waals surface area (Å²) in [5.74, 6) is 0. The molecule has 1 aromatic carbocycles. The van der Waals surface area contributed by atoms with Gasteiger partial charge in [0.25, 0.3) is 0 Å². The Labute approximate surface area is 139 Å². The minimum atomic E-state index is -3.17. The predicted molar refractivity (Wildman–Crippen MR) is 96.0 cm³/mol. The fourth-order valence-corrected chi connectivity index (χ4v) is 3.38. The van der Waals surface area contributed by atoms with Crippen LogP contribution in [0.15, 0.2) is 64.9 Å². The van der Waals surface area contributed by atoms with Gasteiger partial charge in [-0.2, -0.15) is 0 Å². The lowest BCUT2D eigenvalue weighted by atomic mass is 10.1. The van der Waals surface area contributed by atoms with Crippen LogP contribution in [0.5, 0.6) is 0 Å². The van der Waals surface area contributed by atoms with Crippen molar-refractivity contribution < 1.29 is 8.42 Å². The zero-order valence-electron chi connectivity index (χ0n) is 12.5. The molecule has 0 radical (unpaired) electrons. The minimum Gasteiger partial charge on any atom is -0.248 e. The lowest BCUT2D eigenvalue weighted by molar-refractivity contribution is 0.602. The highest BCUT2D eigenvalue weighted by atomic mass is 32.2. The summed E-state index contributed by atoms with van der Waals surface area (Å²) < 4.78 is 23.0. The molecule has 0 spiro atoms. The van der Waals surface area contributed by atoms with E-state index in [1.165, 1.54) is 11.1 Å². The van der Waals surface area contributed by atoms with E-state index in [0.29, 0.717) is 4.90 Å². The van der Waals surface area contributed by atoms with E-state index in [2.05, 4.69) is 11.1 Å². The molecule has 3 rings (SSSR count). The number of benzene rings is 1. The van der Waals surface area contributed by atoms with Crippen molar-refractivity contribution in [3.63, 3.8) is 0 Å². The zero-order valence-corrected chi connectivity index (χ0v) is 14.1. The van der Waals surface area contributed by atoms with Crippen molar-refractivity contribution in [3.8, 4) is 11.3 Å². The summed E-state index contributed by atoms with van der Waals surface area (Å²) in [7, 11) is -3.17. The molecule has 0 aliphatic rings. The summed E-state index contributed by atoms with van der Waals surface area (Å²) in [5, 5.41) is 2.03. The van der Waals surface area contributed by atoms with Crippen molar-refractivity contribution in [1.82, 2.24) is 4.98 Å². The fourth-order valence-electron chi connectivity index (χ4n) is 2.13. The highest BCUT2D eigenvalue weighted by Gasteiger charge is 2.07. The molecule has 0 N–H and O–H groups in total. The van der Waals surface area contributed by atoms with Crippen molar-refractivity contribution in [2.75, 3.05) is 6.26 Å². The van der Waals surface area contributed by atoms with Crippen LogP contribution < -0.4 is 0 Å². The predicted octanol–water partition coefficient (Wildman–Crippen LogP) is 4.38. The molecule has 0 saturated heterocycles. The van der Waals surface area contributed by atoms with Gasteiger partial charge in [0.15, 0.2) is 9.84 Å². The summed E-state index contributed by atoms with van der Waals surface area (Å²) in [4.78, 5) is 6.09. The maximum atomic E-state index is 11.5. The highest BCUT2D eigenvalue weighted by Crippen LogP contribution is 2.21. The monoisotopic (exact) mass is 341 g/mol. The van der Waals surface area contributed by atoms with Gasteiger partial charge in [-0.3, -0.25) is 0 Å². The third-order valence-corrected chi connectivity index (χ3v) is 5.28. The molecule has 0 atom stereocenters. The zero-order chi connectivity index (χ0) is 16.3. The molecule has 2 heterocycles. The standard InChI is InChI=1S/C18H15NO2S2/c1-23(20,21)17-11-7-14(8-12-17)18-6-2-4-15(19-18)9-10-16-5-3-13-22-16/h2-13H,1H3/b10-9-. The number of aromatic nitrogens is 1. The summed E-state index contributed by atoms with van der Waals surface area (Å²) in [5.41, 5.74) is 2.57. The average Bonchev–Trinajstić information content (AvgIpc) is 3.06. The van der Waals surface area contributed by atoms with E-state index in [4.69, 9.17) is 0 Å². The van der Waals surface area contributed by atoms with Gasteiger partial charge in [0.2, 0.25) is 0 Å². The molecule has 0 aliphatic carbocycles. The van der Waals surface area contributed by atoms with E-state index >= 15 is 0 Å². The number of rotatable bonds is 4. The van der Waals surface area contributed by atoms with Crippen LogP contribution in [-0.2, 0) is 9.84 Å². The van der Waals surface area contributed by atoms with E-state index in [1.807, 2.05) is 41.8 Å². The maximum Gasteiger partial charge on any atom is 0.175 e. The van der Waals surface area contributed by atoms with Gasteiger partial charge in [0.1, 0.15) is 0 Å². The number of pyridine rings is 1. The number of hydrogen-bond donors (Lipinski definition) is 0. The number of nitrogens with zero attached hydrogens (tertiary/aromatic N) is 1. The molecular weight excluding hydrogens is 326 g/mol. The number of hydrogen-bond acceptors (Lipinski definition) is 4. The van der Waals surface area contributed by atoms with E-state index < -0.39 is 9.84 Å². The summed E-state index contributed by atoms with van der Waals surface area (Å²) in [6, 6.07) is 16.7. The van der Waals surface area contributed by atoms with Gasteiger partial charge in [-0.05, 0) is 47.9 Å². The normalized spacial score (nSPS) is 11.9. The van der Waals surface area contributed by atoms with Crippen molar-refractivity contribution in [1.29, 1.82) is 0 Å². The van der Waals surface area contributed by atoms with Crippen LogP contribution in [-0.4, -0.2) is 19.7 Å². The van der Waals surface area contributed by atoms with Gasteiger partial charge in [-0.25, -0.2) is 13.4 Å². The molecule has 2 aromatic heterocycles. The molecule has 3 aromatic rings. The molecule has 116 valence electrons. The molecule has 3 nitrogen and oxygen atoms in total. The fraction of sp³-hybridized carbons (Fsp3) is 0.0556. The maximum absolute atomic E-state index is 11.5. The third-order valence-electron chi connectivity index (χ3n) is 3.31. The number of sulfone groups is 1. The Morgan fingerprint density at radius 2 is 1.74 bits per heavy atom. The van der Waals surface area contributed by atoms with Crippen molar-refractivity contribution in [2.45, 2.75) is 4.90 Å². The van der Waals surface area contributed by atoms with Crippen LogP contribution in [0.2, 0.25) is 0 Å². The molecule has 23 heavy (non-hydrogen) atoms. The number of thiophene rings is 1. The minimum absolute atomic E-state index is 0.315. The Kier molecular flexibility index (Phi) is 4.41. The van der Waals surface area contributed by atoms with Gasteiger partial charge >= 0.3 is 0 Å². The Morgan fingerprint density at radius 1 is 0.957 bits per heavy atom. The van der Waals surface area contributed by atoms with Crippen LogP contribution >= 0.6 is 11.3 Å². The molecular formula is C18H15NO2S2. The average molecular weight is 341 g/mol. The Balaban J connectivity index is 1.87. The molecule has 0 unspecified atom stereocenters. The van der Waals surface area contributed by atoms with E-state index in [9.17, 15) is 8.42 Å². The van der Waals surface area contributed by atoms with E-state index in [1.54, 1.807) is 35.6 Å². The van der Waals surface area contributed by atoms with Crippen molar-refractivity contribution in [2.24, 2.45) is 0 Å². The van der Waals surface area contributed by atoms with Gasteiger partial charge in [0.05, 0.1) is 16.3 Å². The van der Waals surface area contributed by atoms with Gasteiger partial charge in [0, 0.05) is 16.7 Å². The van der Waals surface area contributed by atoms with Gasteiger partial charge in [-0.15, -0.1) is 11.3 Å². The van der Waals surface area contributed by atoms with Crippen molar-refractivity contribution in [3.05, 3.63) is 70.5 Å². The first-order valence-electron chi connectivity index (χ1n) is 7.01. The second kappa shape index (κ2) is 6.48. The van der Waals surface area contributed by atoms with Crippen LogP contribution in [0.1, 0.15) is 10.6 Å². The Bertz CT molecular complexity index is 925. The summed E-state index contributed by atoms with van der Waals surface area (Å²) in [6.07, 6.45) is 5.21. The van der Waals surface area contributed by atoms with Crippen LogP contribution in [0.4, 0.5) is 0 Å². The molecule has 0 bridgehead atoms. The summed E-state index contributed by atoms with van der Waals surface area (Å²) in [6.45, 7) is 0. The molecule has 0 fully saturated rings. The van der Waals surface area contributed by atoms with E-state index in [-0.39, 0.29) is 0 Å². The molecule has 0 amide bonds. The lowest BCUT2D eigenvalue weighted by Gasteiger charge is -2.04. The molecule has 0 saturated carbocycles. The first-order chi connectivity index (χ1) is 11.0. The molecule has 0 aliphatic heterocycles. The van der Waals surface area contributed by atoms with Crippen molar-refractivity contribution >= 4 is 33.3 Å².